The highest BCUT2D eigenvalue weighted by molar-refractivity contribution is 6.18. The predicted octanol–water partition coefficient (Wildman–Crippen LogP) is 0.453. The van der Waals surface area contributed by atoms with Crippen LogP contribution in [0.25, 0.3) is 17.0 Å². The normalized spacial score (nSPS) is 12.6. The molecule has 2 rings (SSSR count). The van der Waals surface area contributed by atoms with E-state index in [0.717, 1.165) is 0 Å². The monoisotopic (exact) mass is 269 g/mol. The van der Waals surface area contributed by atoms with Crippen LogP contribution in [0.3, 0.4) is 0 Å². The summed E-state index contributed by atoms with van der Waals surface area (Å²) in [6.07, 6.45) is 2.27. The van der Waals surface area contributed by atoms with Gasteiger partial charge >= 0.3 is 0 Å². The number of fused-ring (bicyclic) bond motifs is 1. The molecule has 0 fully saturated rings. The maximum Gasteiger partial charge on any atom is 0.193 e. The van der Waals surface area contributed by atoms with Crippen molar-refractivity contribution in [3.05, 3.63) is 19.2 Å². The Bertz CT molecular complexity index is 566. The topological polar surface area (TPSA) is 99.1 Å². The third-order valence-electron chi connectivity index (χ3n) is 2.31. The molecule has 0 amide bonds. The molecule has 3 N–H and O–H groups in total. The van der Waals surface area contributed by atoms with Crippen LogP contribution >= 0.6 is 11.6 Å². The molecule has 0 spiro atoms. The molecule has 8 heteroatoms. The van der Waals surface area contributed by atoms with E-state index in [1.54, 1.807) is 0 Å². The number of nitrogen functional groups attached to an aromatic ring is 1. The van der Waals surface area contributed by atoms with Crippen molar-refractivity contribution >= 4 is 34.5 Å². The highest BCUT2D eigenvalue weighted by Crippen LogP contribution is 2.18. The summed E-state index contributed by atoms with van der Waals surface area (Å²) in [6.45, 7) is 3.54. The largest absolute Gasteiger partial charge is 0.472 e. The van der Waals surface area contributed by atoms with Gasteiger partial charge in [-0.3, -0.25) is 4.57 Å². The number of imidazole rings is 1. The molecular weight excluding hydrogens is 258 g/mol. The Morgan fingerprint density at radius 2 is 2.33 bits per heavy atom. The Morgan fingerprint density at radius 1 is 1.56 bits per heavy atom. The second-order valence-corrected chi connectivity index (χ2v) is 3.82. The van der Waals surface area contributed by atoms with Crippen LogP contribution in [0, 0.1) is 0 Å². The summed E-state index contributed by atoms with van der Waals surface area (Å²) in [4.78, 5) is 12.0. The van der Waals surface area contributed by atoms with Crippen molar-refractivity contribution in [2.75, 3.05) is 18.2 Å². The minimum absolute atomic E-state index is 0.152. The van der Waals surface area contributed by atoms with Gasteiger partial charge in [-0.05, 0) is 6.58 Å². The average Bonchev–Trinajstić information content (AvgIpc) is 2.81. The first kappa shape index (κ1) is 12.6. The molecule has 0 bridgehead atoms. The van der Waals surface area contributed by atoms with Crippen LogP contribution in [0.5, 0.6) is 0 Å². The molecule has 2 aromatic heterocycles. The second kappa shape index (κ2) is 5.19. The zero-order valence-electron chi connectivity index (χ0n) is 9.45. The van der Waals surface area contributed by atoms with Crippen molar-refractivity contribution in [3.63, 3.8) is 0 Å². The van der Waals surface area contributed by atoms with E-state index in [1.165, 1.54) is 17.2 Å². The number of aliphatic hydroxyl groups excluding tert-OH is 1. The number of halogens is 1. The van der Waals surface area contributed by atoms with Crippen molar-refractivity contribution in [1.29, 1.82) is 0 Å². The standard InChI is InChI=1S/C10H12ClN5O2/c1-6(18-7(2-11)3-17)16-5-15-8-9(12)13-4-14-10(8)16/h4-5,7,17H,1-3H2,(H2,12,13,14)/t7-/m0/s1. The molecule has 0 unspecified atom stereocenters. The first-order valence-electron chi connectivity index (χ1n) is 5.13. The highest BCUT2D eigenvalue weighted by atomic mass is 35.5. The summed E-state index contributed by atoms with van der Waals surface area (Å²) in [5.41, 5.74) is 6.62. The van der Waals surface area contributed by atoms with E-state index in [4.69, 9.17) is 27.2 Å². The highest BCUT2D eigenvalue weighted by Gasteiger charge is 2.14. The molecule has 0 aliphatic carbocycles. The molecule has 1 atom stereocenters. The van der Waals surface area contributed by atoms with Gasteiger partial charge in [-0.25, -0.2) is 15.0 Å². The lowest BCUT2D eigenvalue weighted by molar-refractivity contribution is 0.102. The number of aliphatic hydroxyl groups is 1. The molecule has 0 aliphatic rings. The van der Waals surface area contributed by atoms with Crippen LogP contribution in [0.15, 0.2) is 19.2 Å². The maximum absolute atomic E-state index is 9.01. The Kier molecular flexibility index (Phi) is 3.63. The van der Waals surface area contributed by atoms with Crippen LogP contribution in [-0.4, -0.2) is 43.2 Å². The Morgan fingerprint density at radius 3 is 3.00 bits per heavy atom. The molecule has 18 heavy (non-hydrogen) atoms. The third-order valence-corrected chi connectivity index (χ3v) is 2.65. The van der Waals surface area contributed by atoms with Crippen molar-refractivity contribution in [2.45, 2.75) is 6.10 Å². The SMILES string of the molecule is C=C(O[C@H](CO)CCl)n1cnc2c(N)ncnc21. The number of nitrogens with zero attached hydrogens (tertiary/aromatic N) is 4. The van der Waals surface area contributed by atoms with Gasteiger partial charge in [-0.15, -0.1) is 11.6 Å². The van der Waals surface area contributed by atoms with E-state index in [2.05, 4.69) is 21.5 Å². The molecule has 2 heterocycles. The quantitative estimate of drug-likeness (QED) is 0.604. The average molecular weight is 270 g/mol. The van der Waals surface area contributed by atoms with Gasteiger partial charge in [0.05, 0.1) is 12.5 Å². The van der Waals surface area contributed by atoms with Crippen molar-refractivity contribution in [2.24, 2.45) is 0 Å². The lowest BCUT2D eigenvalue weighted by Crippen LogP contribution is -2.20. The number of hydrogen-bond acceptors (Lipinski definition) is 6. The minimum Gasteiger partial charge on any atom is -0.472 e. The second-order valence-electron chi connectivity index (χ2n) is 3.52. The van der Waals surface area contributed by atoms with Crippen molar-refractivity contribution in [1.82, 2.24) is 19.5 Å². The number of rotatable bonds is 5. The number of anilines is 1. The maximum atomic E-state index is 9.01. The summed E-state index contributed by atoms with van der Waals surface area (Å²) in [5.74, 6) is 0.692. The van der Waals surface area contributed by atoms with Crippen LogP contribution in [0.1, 0.15) is 0 Å². The van der Waals surface area contributed by atoms with Gasteiger partial charge in [-0.1, -0.05) is 0 Å². The Hall–Kier alpha value is -1.86. The van der Waals surface area contributed by atoms with E-state index in [1.807, 2.05) is 0 Å². The molecule has 0 aliphatic heterocycles. The number of hydrogen-bond donors (Lipinski definition) is 2. The first-order chi connectivity index (χ1) is 8.67. The Balaban J connectivity index is 2.31. The molecule has 0 aromatic carbocycles. The van der Waals surface area contributed by atoms with Crippen LogP contribution in [0.4, 0.5) is 5.82 Å². The van der Waals surface area contributed by atoms with Crippen LogP contribution in [0.2, 0.25) is 0 Å². The van der Waals surface area contributed by atoms with Gasteiger partial charge in [0.25, 0.3) is 0 Å². The smallest absolute Gasteiger partial charge is 0.193 e. The van der Waals surface area contributed by atoms with Gasteiger partial charge < -0.3 is 15.6 Å². The van der Waals surface area contributed by atoms with Crippen LogP contribution < -0.4 is 5.73 Å². The van der Waals surface area contributed by atoms with Gasteiger partial charge in [0.15, 0.2) is 22.9 Å². The lowest BCUT2D eigenvalue weighted by atomic mass is 10.4. The summed E-state index contributed by atoms with van der Waals surface area (Å²) in [5, 5.41) is 9.01. The summed E-state index contributed by atoms with van der Waals surface area (Å²) < 4.78 is 6.90. The number of aromatic nitrogens is 4. The predicted molar refractivity (Wildman–Crippen MR) is 67.7 cm³/mol. The number of nitrogens with two attached hydrogens (primary N) is 1. The van der Waals surface area contributed by atoms with Crippen LogP contribution in [-0.2, 0) is 4.74 Å². The van der Waals surface area contributed by atoms with E-state index < -0.39 is 6.10 Å². The van der Waals surface area contributed by atoms with E-state index in [-0.39, 0.29) is 24.2 Å². The first-order valence-corrected chi connectivity index (χ1v) is 5.67. The lowest BCUT2D eigenvalue weighted by Gasteiger charge is -2.16. The summed E-state index contributed by atoms with van der Waals surface area (Å²) >= 11 is 5.62. The fraction of sp³-hybridized carbons (Fsp3) is 0.300. The summed E-state index contributed by atoms with van der Waals surface area (Å²) in [7, 11) is 0. The molecule has 0 radical (unpaired) electrons. The fourth-order valence-electron chi connectivity index (χ4n) is 1.40. The molecule has 2 aromatic rings. The Labute approximate surface area is 108 Å². The van der Waals surface area contributed by atoms with Crippen molar-refractivity contribution < 1.29 is 9.84 Å². The number of alkyl halides is 1. The minimum atomic E-state index is -0.532. The van der Waals surface area contributed by atoms with E-state index in [0.29, 0.717) is 11.2 Å². The van der Waals surface area contributed by atoms with E-state index >= 15 is 0 Å². The molecule has 96 valence electrons. The molecule has 7 nitrogen and oxygen atoms in total. The molecular formula is C10H12ClN5O2. The number of ether oxygens (including phenoxy) is 1. The molecule has 0 saturated heterocycles. The van der Waals surface area contributed by atoms with Gasteiger partial charge in [0.1, 0.15) is 18.8 Å². The zero-order valence-corrected chi connectivity index (χ0v) is 10.2. The van der Waals surface area contributed by atoms with Crippen molar-refractivity contribution in [3.8, 4) is 0 Å². The fourth-order valence-corrected chi connectivity index (χ4v) is 1.56. The molecule has 0 saturated carbocycles. The van der Waals surface area contributed by atoms with Gasteiger partial charge in [-0.2, -0.15) is 0 Å². The zero-order chi connectivity index (χ0) is 13.1. The van der Waals surface area contributed by atoms with Gasteiger partial charge in [0.2, 0.25) is 0 Å². The van der Waals surface area contributed by atoms with Gasteiger partial charge in [0, 0.05) is 0 Å². The third kappa shape index (κ3) is 2.22. The summed E-state index contributed by atoms with van der Waals surface area (Å²) in [6, 6.07) is 0. The van der Waals surface area contributed by atoms with E-state index in [9.17, 15) is 0 Å².